The number of nitrogens with two attached hydrogens (primary N) is 1. The van der Waals surface area contributed by atoms with E-state index in [2.05, 4.69) is 0 Å². The van der Waals surface area contributed by atoms with Crippen molar-refractivity contribution in [1.29, 1.82) is 0 Å². The zero-order valence-corrected chi connectivity index (χ0v) is 11.3. The normalized spacial score (nSPS) is 11.5. The van der Waals surface area contributed by atoms with Gasteiger partial charge in [-0.2, -0.15) is 0 Å². The fourth-order valence-corrected chi connectivity index (χ4v) is 2.20. The molecular formula is C12H19NO3S. The lowest BCUT2D eigenvalue weighted by molar-refractivity contribution is 0.314. The van der Waals surface area contributed by atoms with E-state index in [0.29, 0.717) is 18.7 Å². The largest absolute Gasteiger partial charge is 0.493 e. The highest BCUT2D eigenvalue weighted by Crippen LogP contribution is 2.27. The van der Waals surface area contributed by atoms with E-state index in [0.717, 1.165) is 16.9 Å². The highest BCUT2D eigenvalue weighted by molar-refractivity contribution is 7.90. The molecule has 96 valence electrons. The lowest BCUT2D eigenvalue weighted by Gasteiger charge is -2.13. The Morgan fingerprint density at radius 2 is 1.94 bits per heavy atom. The number of nitrogen functional groups attached to an aromatic ring is 1. The lowest BCUT2D eigenvalue weighted by atomic mass is 10.1. The first-order valence-corrected chi connectivity index (χ1v) is 7.53. The summed E-state index contributed by atoms with van der Waals surface area (Å²) in [5, 5.41) is 0. The Kier molecular flexibility index (Phi) is 4.40. The van der Waals surface area contributed by atoms with Crippen LogP contribution >= 0.6 is 0 Å². The third-order valence-corrected chi connectivity index (χ3v) is 3.58. The molecule has 0 radical (unpaired) electrons. The van der Waals surface area contributed by atoms with E-state index in [4.69, 9.17) is 10.5 Å². The molecule has 1 rings (SSSR count). The van der Waals surface area contributed by atoms with E-state index in [1.54, 1.807) is 0 Å². The van der Waals surface area contributed by atoms with Crippen molar-refractivity contribution >= 4 is 15.5 Å². The van der Waals surface area contributed by atoms with Gasteiger partial charge in [-0.15, -0.1) is 0 Å². The van der Waals surface area contributed by atoms with Crippen LogP contribution in [0, 0.1) is 13.8 Å². The van der Waals surface area contributed by atoms with Crippen LogP contribution in [0.2, 0.25) is 0 Å². The Morgan fingerprint density at radius 1 is 1.29 bits per heavy atom. The van der Waals surface area contributed by atoms with Crippen LogP contribution in [0.5, 0.6) is 5.75 Å². The molecule has 0 aliphatic rings. The highest BCUT2D eigenvalue weighted by atomic mass is 32.2. The van der Waals surface area contributed by atoms with Gasteiger partial charge in [0.25, 0.3) is 0 Å². The van der Waals surface area contributed by atoms with Crippen LogP contribution in [0.3, 0.4) is 0 Å². The number of aryl methyl sites for hydroxylation is 1. The van der Waals surface area contributed by atoms with Crippen molar-refractivity contribution in [2.24, 2.45) is 0 Å². The summed E-state index contributed by atoms with van der Waals surface area (Å²) in [6.07, 6.45) is 1.72. The van der Waals surface area contributed by atoms with Crippen molar-refractivity contribution in [2.45, 2.75) is 20.3 Å². The quantitative estimate of drug-likeness (QED) is 0.644. The monoisotopic (exact) mass is 257 g/mol. The predicted molar refractivity (Wildman–Crippen MR) is 70.2 cm³/mol. The summed E-state index contributed by atoms with van der Waals surface area (Å²) >= 11 is 0. The summed E-state index contributed by atoms with van der Waals surface area (Å²) in [6.45, 7) is 4.23. The Labute approximate surface area is 103 Å². The van der Waals surface area contributed by atoms with Gasteiger partial charge in [-0.05, 0) is 31.9 Å². The molecule has 0 spiro atoms. The Morgan fingerprint density at radius 3 is 2.53 bits per heavy atom. The van der Waals surface area contributed by atoms with Crippen LogP contribution in [0.15, 0.2) is 12.1 Å². The zero-order chi connectivity index (χ0) is 13.1. The van der Waals surface area contributed by atoms with E-state index >= 15 is 0 Å². The number of hydrogen-bond donors (Lipinski definition) is 1. The van der Waals surface area contributed by atoms with Gasteiger partial charge in [0.05, 0.1) is 12.4 Å². The molecule has 17 heavy (non-hydrogen) atoms. The summed E-state index contributed by atoms with van der Waals surface area (Å²) in [6, 6.07) is 3.74. The molecule has 1 aromatic carbocycles. The van der Waals surface area contributed by atoms with E-state index in [1.807, 2.05) is 26.0 Å². The molecule has 0 unspecified atom stereocenters. The molecule has 1 aromatic rings. The van der Waals surface area contributed by atoms with Gasteiger partial charge >= 0.3 is 0 Å². The minimum Gasteiger partial charge on any atom is -0.493 e. The Hall–Kier alpha value is -1.23. The number of sulfone groups is 1. The molecule has 0 atom stereocenters. The van der Waals surface area contributed by atoms with Crippen LogP contribution in [-0.4, -0.2) is 27.0 Å². The molecule has 0 bridgehead atoms. The van der Waals surface area contributed by atoms with E-state index in [-0.39, 0.29) is 5.75 Å². The molecule has 5 heteroatoms. The second-order valence-electron chi connectivity index (χ2n) is 4.26. The van der Waals surface area contributed by atoms with Crippen LogP contribution in [0.25, 0.3) is 0 Å². The Balaban J connectivity index is 2.61. The molecule has 2 N–H and O–H groups in total. The molecular weight excluding hydrogens is 238 g/mol. The summed E-state index contributed by atoms with van der Waals surface area (Å²) in [7, 11) is -2.91. The fourth-order valence-electron chi connectivity index (χ4n) is 1.56. The van der Waals surface area contributed by atoms with Gasteiger partial charge < -0.3 is 10.5 Å². The van der Waals surface area contributed by atoms with E-state index in [9.17, 15) is 8.42 Å². The van der Waals surface area contributed by atoms with Gasteiger partial charge in [-0.1, -0.05) is 6.07 Å². The van der Waals surface area contributed by atoms with Crippen LogP contribution < -0.4 is 10.5 Å². The number of anilines is 1. The number of hydrogen-bond acceptors (Lipinski definition) is 4. The fraction of sp³-hybridized carbons (Fsp3) is 0.500. The SMILES string of the molecule is Cc1ccc(N)c(C)c1OCCCS(C)(=O)=O. The van der Waals surface area contributed by atoms with Crippen LogP contribution in [0.1, 0.15) is 17.5 Å². The average molecular weight is 257 g/mol. The van der Waals surface area contributed by atoms with E-state index < -0.39 is 9.84 Å². The first-order valence-electron chi connectivity index (χ1n) is 5.47. The van der Waals surface area contributed by atoms with Crippen LogP contribution in [0.4, 0.5) is 5.69 Å². The molecule has 0 fully saturated rings. The van der Waals surface area contributed by atoms with Gasteiger partial charge in [0, 0.05) is 17.5 Å². The first-order chi connectivity index (χ1) is 7.81. The van der Waals surface area contributed by atoms with E-state index in [1.165, 1.54) is 6.26 Å². The summed E-state index contributed by atoms with van der Waals surface area (Å²) in [5.41, 5.74) is 8.39. The first kappa shape index (κ1) is 13.8. The van der Waals surface area contributed by atoms with Gasteiger partial charge in [0.15, 0.2) is 0 Å². The van der Waals surface area contributed by atoms with Gasteiger partial charge in [-0.3, -0.25) is 0 Å². The van der Waals surface area contributed by atoms with Crippen molar-refractivity contribution in [1.82, 2.24) is 0 Å². The van der Waals surface area contributed by atoms with Gasteiger partial charge in [0.1, 0.15) is 15.6 Å². The second kappa shape index (κ2) is 5.40. The number of ether oxygens (including phenoxy) is 1. The molecule has 0 saturated carbocycles. The lowest BCUT2D eigenvalue weighted by Crippen LogP contribution is -2.09. The third-order valence-electron chi connectivity index (χ3n) is 2.55. The van der Waals surface area contributed by atoms with Crippen molar-refractivity contribution in [3.8, 4) is 5.75 Å². The smallest absolute Gasteiger partial charge is 0.147 e. The molecule has 0 amide bonds. The minimum absolute atomic E-state index is 0.146. The maximum atomic E-state index is 11.0. The maximum absolute atomic E-state index is 11.0. The second-order valence-corrected chi connectivity index (χ2v) is 6.52. The molecule has 0 aliphatic carbocycles. The van der Waals surface area contributed by atoms with Crippen molar-refractivity contribution < 1.29 is 13.2 Å². The van der Waals surface area contributed by atoms with Crippen molar-refractivity contribution in [3.05, 3.63) is 23.3 Å². The third kappa shape index (κ3) is 4.26. The predicted octanol–water partition coefficient (Wildman–Crippen LogP) is 1.70. The van der Waals surface area contributed by atoms with Gasteiger partial charge in [0.2, 0.25) is 0 Å². The molecule has 0 heterocycles. The Bertz CT molecular complexity index is 495. The number of rotatable bonds is 5. The highest BCUT2D eigenvalue weighted by Gasteiger charge is 2.07. The summed E-state index contributed by atoms with van der Waals surface area (Å²) < 4.78 is 27.5. The topological polar surface area (TPSA) is 69.4 Å². The molecule has 0 aromatic heterocycles. The number of benzene rings is 1. The standard InChI is InChI=1S/C12H19NO3S/c1-9-5-6-11(13)10(2)12(9)16-7-4-8-17(3,14)15/h5-6H,4,7-8,13H2,1-3H3. The summed E-state index contributed by atoms with van der Waals surface area (Å²) in [5.74, 6) is 0.909. The molecule has 0 aliphatic heterocycles. The summed E-state index contributed by atoms with van der Waals surface area (Å²) in [4.78, 5) is 0. The van der Waals surface area contributed by atoms with Crippen molar-refractivity contribution in [2.75, 3.05) is 24.3 Å². The maximum Gasteiger partial charge on any atom is 0.147 e. The van der Waals surface area contributed by atoms with Crippen molar-refractivity contribution in [3.63, 3.8) is 0 Å². The molecule has 4 nitrogen and oxygen atoms in total. The minimum atomic E-state index is -2.91. The zero-order valence-electron chi connectivity index (χ0n) is 10.5. The average Bonchev–Trinajstić information content (AvgIpc) is 2.21. The molecule has 0 saturated heterocycles. The van der Waals surface area contributed by atoms with Gasteiger partial charge in [-0.25, -0.2) is 8.42 Å². The van der Waals surface area contributed by atoms with Crippen LogP contribution in [-0.2, 0) is 9.84 Å².